The molecule has 0 bridgehead atoms. The van der Waals surface area contributed by atoms with Gasteiger partial charge in [0.05, 0.1) is 0 Å². The minimum atomic E-state index is -5.42. The summed E-state index contributed by atoms with van der Waals surface area (Å²) in [6.45, 7) is 3.64. The van der Waals surface area contributed by atoms with E-state index in [2.05, 4.69) is 11.8 Å². The quantitative estimate of drug-likeness (QED) is 0.137. The molecular formula is C14H10Ag2F12O4. The Morgan fingerprint density at radius 3 is 0.844 bits per heavy atom. The van der Waals surface area contributed by atoms with Crippen LogP contribution < -0.4 is 0 Å². The van der Waals surface area contributed by atoms with Gasteiger partial charge in [-0.15, -0.1) is 11.8 Å². The zero-order chi connectivity index (χ0) is 25.1. The van der Waals surface area contributed by atoms with Crippen molar-refractivity contribution < 1.29 is 117 Å². The second-order valence-electron chi connectivity index (χ2n) is 4.28. The standard InChI is InChI=1S/2C5H2F6O2.C4H6.2Ag/c2*6-4(7,8)2(12)1-3(13)5(9,10)11;1-3-4-2;;/h2*1,12H;1-2H3;;/b2*2-1-;;;. The van der Waals surface area contributed by atoms with Crippen LogP contribution >= 0.6 is 0 Å². The first-order chi connectivity index (χ1) is 13.0. The van der Waals surface area contributed by atoms with Crippen molar-refractivity contribution in [2.24, 2.45) is 0 Å². The third kappa shape index (κ3) is 21.8. The van der Waals surface area contributed by atoms with Crippen LogP contribution in [0.3, 0.4) is 0 Å². The van der Waals surface area contributed by atoms with Gasteiger partial charge in [-0.3, -0.25) is 9.59 Å². The Bertz CT molecular complexity index is 647. The molecular weight excluding hydrogens is 676 g/mol. The molecule has 0 aliphatic heterocycles. The van der Waals surface area contributed by atoms with Gasteiger partial charge in [0.25, 0.3) is 11.6 Å². The van der Waals surface area contributed by atoms with E-state index in [0.717, 1.165) is 0 Å². The van der Waals surface area contributed by atoms with Gasteiger partial charge in [-0.2, -0.15) is 52.7 Å². The fourth-order valence-electron chi connectivity index (χ4n) is 0.576. The number of allylic oxidation sites excluding steroid dienone is 4. The smallest absolute Gasteiger partial charge is 0.454 e. The van der Waals surface area contributed by atoms with Crippen LogP contribution in [-0.4, -0.2) is 46.5 Å². The molecule has 0 aliphatic rings. The van der Waals surface area contributed by atoms with E-state index in [1.165, 1.54) is 0 Å². The van der Waals surface area contributed by atoms with Gasteiger partial charge in [0.1, 0.15) is 0 Å². The van der Waals surface area contributed by atoms with E-state index < -0.39 is 59.9 Å². The Morgan fingerprint density at radius 2 is 0.750 bits per heavy atom. The molecule has 0 amide bonds. The number of hydrogen-bond donors (Lipinski definition) is 2. The minimum Gasteiger partial charge on any atom is -0.504 e. The summed E-state index contributed by atoms with van der Waals surface area (Å²) in [6.07, 6.45) is -23.4. The van der Waals surface area contributed by atoms with Crippen molar-refractivity contribution >= 4 is 11.6 Å². The number of carbonyl (C=O) groups excluding carboxylic acids is 2. The number of aliphatic hydroxyl groups is 2. The van der Waals surface area contributed by atoms with Gasteiger partial charge in [0, 0.05) is 56.9 Å². The molecule has 0 aromatic rings. The van der Waals surface area contributed by atoms with Crippen LogP contribution in [0.2, 0.25) is 0 Å². The number of carbonyl (C=O) groups is 2. The topological polar surface area (TPSA) is 74.6 Å². The van der Waals surface area contributed by atoms with Crippen molar-refractivity contribution in [3.8, 4) is 11.8 Å². The molecule has 0 saturated carbocycles. The van der Waals surface area contributed by atoms with Crippen molar-refractivity contribution in [1.29, 1.82) is 0 Å². The minimum absolute atomic E-state index is 0. The predicted molar refractivity (Wildman–Crippen MR) is 74.8 cm³/mol. The molecule has 0 heterocycles. The molecule has 0 spiro atoms. The van der Waals surface area contributed by atoms with E-state index in [4.69, 9.17) is 10.2 Å². The van der Waals surface area contributed by atoms with Gasteiger partial charge in [0.15, 0.2) is 0 Å². The second-order valence-corrected chi connectivity index (χ2v) is 4.28. The average molecular weight is 686 g/mol. The first kappa shape index (κ1) is 40.9. The molecule has 0 atom stereocenters. The summed E-state index contributed by atoms with van der Waals surface area (Å²) in [5, 5.41) is 15.9. The molecule has 0 fully saturated rings. The fraction of sp³-hybridized carbons (Fsp3) is 0.429. The van der Waals surface area contributed by atoms with Gasteiger partial charge in [-0.1, -0.05) is 0 Å². The van der Waals surface area contributed by atoms with E-state index in [-0.39, 0.29) is 44.8 Å². The summed E-state index contributed by atoms with van der Waals surface area (Å²) < 4.78 is 136. The number of halogens is 12. The molecule has 196 valence electrons. The molecule has 0 aromatic carbocycles. The Hall–Kier alpha value is -1.38. The Balaban J connectivity index is -0.000000123. The first-order valence-electron chi connectivity index (χ1n) is 6.53. The SMILES string of the molecule is CC#CC.O=C(/C=C(\O)C(F)(F)F)C(F)(F)F.O=C(/C=C(\O)C(F)(F)F)C(F)(F)F.[Ag].[Ag]. The Kier molecular flexibility index (Phi) is 20.8. The van der Waals surface area contributed by atoms with E-state index in [1.54, 1.807) is 0 Å². The van der Waals surface area contributed by atoms with Crippen molar-refractivity contribution in [2.75, 3.05) is 0 Å². The van der Waals surface area contributed by atoms with Gasteiger partial charge in [-0.05, 0) is 13.8 Å². The zero-order valence-corrected chi connectivity index (χ0v) is 18.0. The van der Waals surface area contributed by atoms with E-state index in [0.29, 0.717) is 0 Å². The molecule has 18 heteroatoms. The number of aliphatic hydroxyl groups excluding tert-OH is 2. The summed E-state index contributed by atoms with van der Waals surface area (Å²) in [7, 11) is 0. The maximum absolute atomic E-state index is 11.4. The van der Waals surface area contributed by atoms with Gasteiger partial charge < -0.3 is 10.2 Å². The van der Waals surface area contributed by atoms with Gasteiger partial charge in [-0.25, -0.2) is 0 Å². The number of rotatable bonds is 2. The molecule has 2 radical (unpaired) electrons. The summed E-state index contributed by atoms with van der Waals surface area (Å²) in [5.74, 6) is -5.31. The average Bonchev–Trinajstić information content (AvgIpc) is 2.51. The molecule has 0 rings (SSSR count). The van der Waals surface area contributed by atoms with E-state index >= 15 is 0 Å². The maximum Gasteiger partial charge on any atom is 0.454 e. The third-order valence-corrected chi connectivity index (χ3v) is 1.93. The number of alkyl halides is 12. The summed E-state index contributed by atoms with van der Waals surface area (Å²) >= 11 is 0. The molecule has 2 N–H and O–H groups in total. The fourth-order valence-corrected chi connectivity index (χ4v) is 0.576. The molecule has 32 heavy (non-hydrogen) atoms. The molecule has 0 aromatic heterocycles. The van der Waals surface area contributed by atoms with Crippen molar-refractivity contribution in [3.63, 3.8) is 0 Å². The molecule has 0 unspecified atom stereocenters. The van der Waals surface area contributed by atoms with Crippen LogP contribution in [0.4, 0.5) is 52.7 Å². The largest absolute Gasteiger partial charge is 0.504 e. The summed E-state index contributed by atoms with van der Waals surface area (Å²) in [5.41, 5.74) is 0. The predicted octanol–water partition coefficient (Wildman–Crippen LogP) is 5.27. The zero-order valence-electron chi connectivity index (χ0n) is 15.0. The van der Waals surface area contributed by atoms with Crippen LogP contribution in [0.1, 0.15) is 13.8 Å². The van der Waals surface area contributed by atoms with Crippen LogP contribution in [-0.2, 0) is 54.3 Å². The molecule has 4 nitrogen and oxygen atoms in total. The number of ketones is 2. The van der Waals surface area contributed by atoms with Crippen molar-refractivity contribution in [1.82, 2.24) is 0 Å². The second kappa shape index (κ2) is 16.3. The van der Waals surface area contributed by atoms with Crippen LogP contribution in [0.25, 0.3) is 0 Å². The monoisotopic (exact) mass is 684 g/mol. The van der Waals surface area contributed by atoms with Crippen molar-refractivity contribution in [2.45, 2.75) is 38.6 Å². The van der Waals surface area contributed by atoms with Crippen LogP contribution in [0.5, 0.6) is 0 Å². The first-order valence-corrected chi connectivity index (χ1v) is 6.53. The van der Waals surface area contributed by atoms with Gasteiger partial charge in [0.2, 0.25) is 11.5 Å². The Morgan fingerprint density at radius 1 is 0.562 bits per heavy atom. The summed E-state index contributed by atoms with van der Waals surface area (Å²) in [4.78, 5) is 19.7. The summed E-state index contributed by atoms with van der Waals surface area (Å²) in [6, 6.07) is 0. The molecule has 0 aliphatic carbocycles. The van der Waals surface area contributed by atoms with E-state index in [9.17, 15) is 62.3 Å². The third-order valence-electron chi connectivity index (χ3n) is 1.93. The van der Waals surface area contributed by atoms with E-state index in [1.807, 2.05) is 13.8 Å². The van der Waals surface area contributed by atoms with Crippen molar-refractivity contribution in [3.05, 3.63) is 23.7 Å². The Labute approximate surface area is 202 Å². The van der Waals surface area contributed by atoms with Crippen LogP contribution in [0, 0.1) is 11.8 Å². The number of hydrogen-bond acceptors (Lipinski definition) is 4. The molecule has 0 saturated heterocycles. The van der Waals surface area contributed by atoms with Crippen LogP contribution in [0.15, 0.2) is 23.7 Å². The maximum atomic E-state index is 11.4. The normalized spacial score (nSPS) is 12.2. The van der Waals surface area contributed by atoms with Gasteiger partial charge >= 0.3 is 24.7 Å².